The Morgan fingerprint density at radius 2 is 1.66 bits per heavy atom. The van der Waals surface area contributed by atoms with E-state index >= 15 is 0 Å². The minimum Gasteiger partial charge on any atom is -0.481 e. The van der Waals surface area contributed by atoms with Gasteiger partial charge in [0.1, 0.15) is 5.82 Å². The van der Waals surface area contributed by atoms with Crippen molar-refractivity contribution in [1.82, 2.24) is 0 Å². The van der Waals surface area contributed by atoms with Crippen LogP contribution >= 0.6 is 0 Å². The molecule has 0 saturated heterocycles. The Morgan fingerprint density at radius 3 is 2.37 bits per heavy atom. The summed E-state index contributed by atoms with van der Waals surface area (Å²) >= 11 is 0. The highest BCUT2D eigenvalue weighted by Crippen LogP contribution is 2.38. The van der Waals surface area contributed by atoms with Crippen LogP contribution in [-0.4, -0.2) is 23.7 Å². The second-order valence-corrected chi connectivity index (χ2v) is 9.59. The summed E-state index contributed by atoms with van der Waals surface area (Å²) in [6.45, 7) is 0.558. The number of carboxylic acid groups (broad SMARTS) is 1. The third-order valence-electron chi connectivity index (χ3n) is 7.36. The van der Waals surface area contributed by atoms with Crippen LogP contribution in [0, 0.1) is 11.7 Å². The summed E-state index contributed by atoms with van der Waals surface area (Å²) < 4.78 is 13.9. The second kappa shape index (κ2) is 9.90. The fourth-order valence-electron chi connectivity index (χ4n) is 5.43. The third kappa shape index (κ3) is 5.06. The number of anilines is 2. The first-order valence-electron chi connectivity index (χ1n) is 12.3. The monoisotopic (exact) mass is 472 g/mol. The van der Waals surface area contributed by atoms with Crippen LogP contribution in [-0.2, 0) is 11.2 Å². The predicted molar refractivity (Wildman–Crippen MR) is 135 cm³/mol. The van der Waals surface area contributed by atoms with E-state index in [2.05, 4.69) is 35.6 Å². The first kappa shape index (κ1) is 23.1. The molecule has 180 valence electrons. The highest BCUT2D eigenvalue weighted by molar-refractivity contribution is 6.03. The van der Waals surface area contributed by atoms with Gasteiger partial charge in [0.25, 0.3) is 0 Å². The van der Waals surface area contributed by atoms with Crippen molar-refractivity contribution in [3.63, 3.8) is 0 Å². The van der Waals surface area contributed by atoms with Gasteiger partial charge in [0.05, 0.1) is 5.69 Å². The second-order valence-electron chi connectivity index (χ2n) is 9.59. The van der Waals surface area contributed by atoms with Crippen LogP contribution in [0.2, 0.25) is 0 Å². The van der Waals surface area contributed by atoms with Crippen molar-refractivity contribution in [3.8, 4) is 11.1 Å². The first-order valence-corrected chi connectivity index (χ1v) is 12.3. The zero-order valence-electron chi connectivity index (χ0n) is 19.5. The molecule has 2 aliphatic rings. The molecule has 2 N–H and O–H groups in total. The number of carboxylic acids is 1. The van der Waals surface area contributed by atoms with Gasteiger partial charge in [-0.15, -0.1) is 0 Å². The number of carbonyl (C=O) groups excluding carboxylic acids is 1. The van der Waals surface area contributed by atoms with E-state index in [0.717, 1.165) is 54.5 Å². The molecule has 0 atom stereocenters. The van der Waals surface area contributed by atoms with Crippen molar-refractivity contribution in [2.45, 2.75) is 44.4 Å². The number of halogens is 1. The Bertz CT molecular complexity index is 1230. The Kier molecular flexibility index (Phi) is 6.53. The van der Waals surface area contributed by atoms with Gasteiger partial charge in [0, 0.05) is 18.7 Å². The predicted octanol–water partition coefficient (Wildman–Crippen LogP) is 6.84. The van der Waals surface area contributed by atoms with Crippen molar-refractivity contribution in [1.29, 1.82) is 0 Å². The fourth-order valence-corrected chi connectivity index (χ4v) is 5.43. The molecule has 0 unspecified atom stereocenters. The van der Waals surface area contributed by atoms with E-state index in [0.29, 0.717) is 18.4 Å². The van der Waals surface area contributed by atoms with Gasteiger partial charge in [-0.25, -0.2) is 9.18 Å². The third-order valence-corrected chi connectivity index (χ3v) is 7.36. The van der Waals surface area contributed by atoms with Gasteiger partial charge in [-0.3, -0.25) is 9.69 Å². The van der Waals surface area contributed by atoms with E-state index in [-0.39, 0.29) is 18.1 Å². The molecule has 35 heavy (non-hydrogen) atoms. The molecule has 1 saturated carbocycles. The SMILES string of the molecule is O=C(O)CC1CCC(c2ccc(-c3ccc4c(c3)CCN4C(=O)Nc3ccccc3F)cc2)CC1. The molecular formula is C29H29FN2O3. The van der Waals surface area contributed by atoms with E-state index in [1.165, 1.54) is 11.6 Å². The Morgan fingerprint density at radius 1 is 0.943 bits per heavy atom. The molecule has 0 bridgehead atoms. The van der Waals surface area contributed by atoms with E-state index < -0.39 is 11.8 Å². The number of nitrogens with one attached hydrogen (secondary N) is 1. The lowest BCUT2D eigenvalue weighted by Gasteiger charge is -2.28. The number of benzene rings is 3. The van der Waals surface area contributed by atoms with Gasteiger partial charge in [0.2, 0.25) is 0 Å². The van der Waals surface area contributed by atoms with Gasteiger partial charge >= 0.3 is 12.0 Å². The van der Waals surface area contributed by atoms with Crippen LogP contribution in [0.1, 0.15) is 49.1 Å². The molecule has 1 fully saturated rings. The normalized spacial score (nSPS) is 19.3. The zero-order chi connectivity index (χ0) is 24.4. The summed E-state index contributed by atoms with van der Waals surface area (Å²) in [4.78, 5) is 25.4. The number of rotatable bonds is 5. The summed E-state index contributed by atoms with van der Waals surface area (Å²) in [6.07, 6.45) is 5.08. The number of hydrogen-bond acceptors (Lipinski definition) is 2. The minimum absolute atomic E-state index is 0.179. The largest absolute Gasteiger partial charge is 0.481 e. The Balaban J connectivity index is 1.25. The topological polar surface area (TPSA) is 69.6 Å². The quantitative estimate of drug-likeness (QED) is 0.427. The number of amides is 2. The lowest BCUT2D eigenvalue weighted by molar-refractivity contribution is -0.138. The van der Waals surface area contributed by atoms with E-state index in [1.54, 1.807) is 23.1 Å². The van der Waals surface area contributed by atoms with Crippen molar-refractivity contribution >= 4 is 23.4 Å². The van der Waals surface area contributed by atoms with Crippen LogP contribution < -0.4 is 10.2 Å². The van der Waals surface area contributed by atoms with Gasteiger partial charge in [-0.1, -0.05) is 42.5 Å². The molecule has 1 heterocycles. The molecule has 1 aliphatic heterocycles. The highest BCUT2D eigenvalue weighted by atomic mass is 19.1. The van der Waals surface area contributed by atoms with Gasteiger partial charge < -0.3 is 10.4 Å². The number of fused-ring (bicyclic) bond motifs is 1. The number of para-hydroxylation sites is 1. The summed E-state index contributed by atoms with van der Waals surface area (Å²) in [5.41, 5.74) is 5.70. The maximum Gasteiger partial charge on any atom is 0.326 e. The summed E-state index contributed by atoms with van der Waals surface area (Å²) in [6, 6.07) is 20.7. The van der Waals surface area contributed by atoms with Crippen molar-refractivity contribution in [3.05, 3.63) is 83.7 Å². The van der Waals surface area contributed by atoms with Crippen LogP contribution in [0.25, 0.3) is 11.1 Å². The van der Waals surface area contributed by atoms with Crippen molar-refractivity contribution in [2.24, 2.45) is 5.92 Å². The molecule has 2 amide bonds. The molecule has 5 nitrogen and oxygen atoms in total. The Labute approximate surface area is 204 Å². The smallest absolute Gasteiger partial charge is 0.326 e. The molecular weight excluding hydrogens is 443 g/mol. The van der Waals surface area contributed by atoms with Gasteiger partial charge in [0.15, 0.2) is 0 Å². The molecule has 0 radical (unpaired) electrons. The number of hydrogen-bond donors (Lipinski definition) is 2. The summed E-state index contributed by atoms with van der Waals surface area (Å²) in [5.74, 6) is -0.341. The van der Waals surface area contributed by atoms with Crippen LogP contribution in [0.3, 0.4) is 0 Å². The Hall–Kier alpha value is -3.67. The van der Waals surface area contributed by atoms with Crippen LogP contribution in [0.5, 0.6) is 0 Å². The molecule has 3 aromatic rings. The fraction of sp³-hybridized carbons (Fsp3) is 0.310. The molecule has 6 heteroatoms. The lowest BCUT2D eigenvalue weighted by atomic mass is 9.77. The highest BCUT2D eigenvalue weighted by Gasteiger charge is 2.26. The van der Waals surface area contributed by atoms with E-state index in [9.17, 15) is 14.0 Å². The number of aliphatic carboxylic acids is 1. The average molecular weight is 473 g/mol. The maximum atomic E-state index is 13.9. The average Bonchev–Trinajstić information content (AvgIpc) is 3.29. The molecule has 0 spiro atoms. The zero-order valence-corrected chi connectivity index (χ0v) is 19.5. The first-order chi connectivity index (χ1) is 17.0. The van der Waals surface area contributed by atoms with E-state index in [4.69, 9.17) is 5.11 Å². The summed E-state index contributed by atoms with van der Waals surface area (Å²) in [5, 5.41) is 11.7. The van der Waals surface area contributed by atoms with Crippen molar-refractivity contribution < 1.29 is 19.1 Å². The number of urea groups is 1. The standard InChI is InChI=1S/C29H29FN2O3/c30-25-3-1-2-4-26(25)31-29(35)32-16-15-24-18-23(13-14-27(24)32)22-11-9-21(10-12-22)20-7-5-19(6-8-20)17-28(33)34/h1-4,9-14,18-20H,5-8,15-17H2,(H,31,35)(H,33,34). The number of carbonyl (C=O) groups is 2. The molecule has 0 aromatic heterocycles. The molecule has 5 rings (SSSR count). The minimum atomic E-state index is -0.694. The molecule has 3 aromatic carbocycles. The van der Waals surface area contributed by atoms with Crippen LogP contribution in [0.15, 0.2) is 66.7 Å². The lowest BCUT2D eigenvalue weighted by Crippen LogP contribution is -2.33. The van der Waals surface area contributed by atoms with Crippen LogP contribution in [0.4, 0.5) is 20.6 Å². The van der Waals surface area contributed by atoms with Crippen molar-refractivity contribution in [2.75, 3.05) is 16.8 Å². The van der Waals surface area contributed by atoms with Gasteiger partial charge in [-0.2, -0.15) is 0 Å². The van der Waals surface area contributed by atoms with E-state index in [1.807, 2.05) is 12.1 Å². The number of nitrogens with zero attached hydrogens (tertiary/aromatic N) is 1. The van der Waals surface area contributed by atoms with Gasteiger partial charge in [-0.05, 0) is 90.5 Å². The maximum absolute atomic E-state index is 13.9. The molecule has 1 aliphatic carbocycles. The summed E-state index contributed by atoms with van der Waals surface area (Å²) in [7, 11) is 0.